The normalized spacial score (nSPS) is 17.5. The highest BCUT2D eigenvalue weighted by Gasteiger charge is 2.48. The number of unbranched alkanes of at least 4 members (excludes halogenated alkanes) is 1. The van der Waals surface area contributed by atoms with Gasteiger partial charge in [-0.15, -0.1) is 0 Å². The molecule has 48 heavy (non-hydrogen) atoms. The summed E-state index contributed by atoms with van der Waals surface area (Å²) in [5, 5.41) is 11.2. The number of carbonyl (C=O) groups excluding carboxylic acids is 5. The Hall–Kier alpha value is -3.87. The molecule has 1 aromatic carbocycles. The van der Waals surface area contributed by atoms with E-state index in [-0.39, 0.29) is 23.3 Å². The first-order chi connectivity index (χ1) is 22.6. The van der Waals surface area contributed by atoms with E-state index in [0.717, 1.165) is 18.4 Å². The molecule has 268 valence electrons. The fraction of sp³-hybridized carbons (Fsp3) is 0.686. The van der Waals surface area contributed by atoms with Gasteiger partial charge in [0.1, 0.15) is 17.7 Å². The molecule has 0 radical (unpaired) electrons. The number of rotatable bonds is 14. The SMILES string of the molecule is CNC(=O)N1CCC2(CC1)CN(C(=O)[C@@H](CCCCNC(=O)OC(C)(C)C)NC(=O)[C@@H](CC(C)C)NC(=O)[C@H](N)Cc1ccccc1)C2. The molecule has 3 atom stereocenters. The number of alkyl carbamates (subject to hydrolysis) is 1. The summed E-state index contributed by atoms with van der Waals surface area (Å²) in [4.78, 5) is 68.3. The first kappa shape index (κ1) is 38.6. The van der Waals surface area contributed by atoms with Crippen molar-refractivity contribution >= 4 is 29.8 Å². The van der Waals surface area contributed by atoms with Gasteiger partial charge in [0.15, 0.2) is 0 Å². The summed E-state index contributed by atoms with van der Waals surface area (Å²) in [6.07, 6.45) is 3.34. The first-order valence-corrected chi connectivity index (χ1v) is 17.2. The van der Waals surface area contributed by atoms with Gasteiger partial charge >= 0.3 is 12.1 Å². The molecule has 2 aliphatic rings. The van der Waals surface area contributed by atoms with Gasteiger partial charge < -0.3 is 41.5 Å². The third-order valence-electron chi connectivity index (χ3n) is 8.87. The highest BCUT2D eigenvalue weighted by molar-refractivity contribution is 5.93. The van der Waals surface area contributed by atoms with Crippen LogP contribution in [0.5, 0.6) is 0 Å². The van der Waals surface area contributed by atoms with Gasteiger partial charge in [-0.3, -0.25) is 14.4 Å². The van der Waals surface area contributed by atoms with Crippen LogP contribution in [0.15, 0.2) is 30.3 Å². The number of hydrogen-bond acceptors (Lipinski definition) is 7. The molecule has 1 aromatic rings. The Bertz CT molecular complexity index is 1240. The van der Waals surface area contributed by atoms with Crippen molar-refractivity contribution in [1.29, 1.82) is 0 Å². The van der Waals surface area contributed by atoms with Crippen LogP contribution < -0.4 is 27.0 Å². The molecule has 6 amide bonds. The van der Waals surface area contributed by atoms with Crippen LogP contribution in [0.1, 0.15) is 78.7 Å². The molecular weight excluding hydrogens is 614 g/mol. The van der Waals surface area contributed by atoms with Gasteiger partial charge in [0, 0.05) is 45.2 Å². The summed E-state index contributed by atoms with van der Waals surface area (Å²) in [5.74, 6) is -0.930. The molecule has 2 fully saturated rings. The fourth-order valence-electron chi connectivity index (χ4n) is 6.25. The Balaban J connectivity index is 1.64. The lowest BCUT2D eigenvalue weighted by atomic mass is 9.71. The molecular formula is C35H57N7O6. The highest BCUT2D eigenvalue weighted by Crippen LogP contribution is 2.40. The number of carbonyl (C=O) groups is 5. The highest BCUT2D eigenvalue weighted by atomic mass is 16.6. The van der Waals surface area contributed by atoms with Gasteiger partial charge in [0.2, 0.25) is 17.7 Å². The van der Waals surface area contributed by atoms with Crippen LogP contribution in [0.2, 0.25) is 0 Å². The number of benzene rings is 1. The zero-order chi connectivity index (χ0) is 35.5. The van der Waals surface area contributed by atoms with Crippen molar-refractivity contribution in [2.45, 2.75) is 103 Å². The van der Waals surface area contributed by atoms with Crippen LogP contribution in [0.25, 0.3) is 0 Å². The van der Waals surface area contributed by atoms with E-state index in [1.165, 1.54) is 0 Å². The molecule has 0 unspecified atom stereocenters. The minimum atomic E-state index is -0.861. The van der Waals surface area contributed by atoms with Crippen LogP contribution in [-0.4, -0.2) is 103 Å². The number of nitrogens with zero attached hydrogens (tertiary/aromatic N) is 2. The lowest BCUT2D eigenvalue weighted by Gasteiger charge is -2.54. The van der Waals surface area contributed by atoms with E-state index < -0.39 is 41.6 Å². The maximum absolute atomic E-state index is 13.9. The van der Waals surface area contributed by atoms with Gasteiger partial charge in [-0.1, -0.05) is 44.2 Å². The van der Waals surface area contributed by atoms with E-state index in [4.69, 9.17) is 10.5 Å². The summed E-state index contributed by atoms with van der Waals surface area (Å²) in [5.41, 5.74) is 6.51. The van der Waals surface area contributed by atoms with Crippen LogP contribution in [-0.2, 0) is 25.5 Å². The molecule has 13 heteroatoms. The predicted octanol–water partition coefficient (Wildman–Crippen LogP) is 2.53. The smallest absolute Gasteiger partial charge is 0.407 e. The van der Waals surface area contributed by atoms with Gasteiger partial charge in [0.25, 0.3) is 0 Å². The second kappa shape index (κ2) is 17.5. The quantitative estimate of drug-likeness (QED) is 0.189. The molecule has 0 saturated carbocycles. The Kier molecular flexibility index (Phi) is 14.1. The Morgan fingerprint density at radius 3 is 2.12 bits per heavy atom. The average Bonchev–Trinajstić information content (AvgIpc) is 3.01. The Morgan fingerprint density at radius 2 is 1.54 bits per heavy atom. The van der Waals surface area contributed by atoms with Crippen molar-refractivity contribution in [3.05, 3.63) is 35.9 Å². The van der Waals surface area contributed by atoms with Crippen molar-refractivity contribution in [3.8, 4) is 0 Å². The third-order valence-corrected chi connectivity index (χ3v) is 8.87. The molecule has 2 heterocycles. The predicted molar refractivity (Wildman–Crippen MR) is 184 cm³/mol. The number of piperidine rings is 1. The van der Waals surface area contributed by atoms with Crippen LogP contribution >= 0.6 is 0 Å². The average molecular weight is 672 g/mol. The van der Waals surface area contributed by atoms with Gasteiger partial charge in [0.05, 0.1) is 6.04 Å². The number of nitrogens with one attached hydrogen (secondary N) is 4. The van der Waals surface area contributed by atoms with E-state index in [1.807, 2.05) is 44.2 Å². The zero-order valence-electron chi connectivity index (χ0n) is 29.6. The maximum Gasteiger partial charge on any atom is 0.407 e. The number of amides is 6. The van der Waals surface area contributed by atoms with E-state index in [0.29, 0.717) is 64.8 Å². The van der Waals surface area contributed by atoms with Crippen LogP contribution in [0.3, 0.4) is 0 Å². The molecule has 3 rings (SSSR count). The van der Waals surface area contributed by atoms with Gasteiger partial charge in [-0.2, -0.15) is 0 Å². The summed E-state index contributed by atoms with van der Waals surface area (Å²) < 4.78 is 5.29. The van der Waals surface area contributed by atoms with Crippen molar-refractivity contribution in [1.82, 2.24) is 31.1 Å². The van der Waals surface area contributed by atoms with E-state index >= 15 is 0 Å². The molecule has 6 N–H and O–H groups in total. The molecule has 0 aliphatic carbocycles. The van der Waals surface area contributed by atoms with Crippen molar-refractivity contribution < 1.29 is 28.7 Å². The standard InChI is InChI=1S/C35H57N7O6/c1-24(2)20-28(40-29(43)26(36)21-25-12-8-7-9-13-25)30(44)39-27(14-10-11-17-38-33(47)48-34(3,4)5)31(45)42-22-35(23-42)15-18-41(19-16-35)32(46)37-6/h7-9,12-13,24,26-28H,10-11,14-23,36H2,1-6H3,(H,37,46)(H,38,47)(H,39,44)(H,40,43)/t26-,27-,28-/m1/s1. The number of likely N-dealkylation sites (tertiary alicyclic amines) is 2. The van der Waals surface area contributed by atoms with Crippen molar-refractivity contribution in [3.63, 3.8) is 0 Å². The number of ether oxygens (including phenoxy) is 1. The molecule has 2 saturated heterocycles. The molecule has 0 bridgehead atoms. The topological polar surface area (TPSA) is 175 Å². The Morgan fingerprint density at radius 1 is 0.917 bits per heavy atom. The summed E-state index contributed by atoms with van der Waals surface area (Å²) in [6.45, 7) is 12.1. The van der Waals surface area contributed by atoms with Crippen LogP contribution in [0, 0.1) is 11.3 Å². The lowest BCUT2D eigenvalue weighted by Crippen LogP contribution is -2.66. The molecule has 1 spiro atoms. The fourth-order valence-corrected chi connectivity index (χ4v) is 6.25. The first-order valence-electron chi connectivity index (χ1n) is 17.2. The molecule has 2 aliphatic heterocycles. The second-order valence-electron chi connectivity index (χ2n) is 14.7. The minimum absolute atomic E-state index is 0.0326. The number of nitrogens with two attached hydrogens (primary N) is 1. The number of urea groups is 1. The van der Waals surface area contributed by atoms with E-state index in [2.05, 4.69) is 21.3 Å². The molecule has 0 aromatic heterocycles. The summed E-state index contributed by atoms with van der Waals surface area (Å²) in [7, 11) is 1.62. The second-order valence-corrected chi connectivity index (χ2v) is 14.7. The van der Waals surface area contributed by atoms with Crippen molar-refractivity contribution in [2.75, 3.05) is 39.8 Å². The summed E-state index contributed by atoms with van der Waals surface area (Å²) >= 11 is 0. The van der Waals surface area contributed by atoms with Gasteiger partial charge in [-0.25, -0.2) is 9.59 Å². The zero-order valence-corrected chi connectivity index (χ0v) is 29.6. The van der Waals surface area contributed by atoms with E-state index in [1.54, 1.807) is 37.6 Å². The van der Waals surface area contributed by atoms with Crippen molar-refractivity contribution in [2.24, 2.45) is 17.1 Å². The monoisotopic (exact) mass is 671 g/mol. The number of hydrogen-bond donors (Lipinski definition) is 5. The Labute approximate surface area is 285 Å². The van der Waals surface area contributed by atoms with Gasteiger partial charge in [-0.05, 0) is 77.2 Å². The third kappa shape index (κ3) is 12.0. The molecule has 13 nitrogen and oxygen atoms in total. The maximum atomic E-state index is 13.9. The lowest BCUT2D eigenvalue weighted by molar-refractivity contribution is -0.150. The summed E-state index contributed by atoms with van der Waals surface area (Å²) in [6, 6.07) is 6.87. The minimum Gasteiger partial charge on any atom is -0.444 e. The van der Waals surface area contributed by atoms with Crippen LogP contribution in [0.4, 0.5) is 9.59 Å². The van der Waals surface area contributed by atoms with E-state index in [9.17, 15) is 24.0 Å². The largest absolute Gasteiger partial charge is 0.444 e.